The molecule has 0 aromatic heterocycles. The topological polar surface area (TPSA) is 32.3 Å². The zero-order chi connectivity index (χ0) is 12.1. The van der Waals surface area contributed by atoms with Crippen LogP contribution < -0.4 is 5.32 Å². The van der Waals surface area contributed by atoms with Crippen LogP contribution >= 0.6 is 34.2 Å². The first-order chi connectivity index (χ1) is 7.49. The molecule has 0 aliphatic rings. The first-order valence-electron chi connectivity index (χ1n) is 4.88. The number of nitrogens with one attached hydrogen (secondary N) is 1. The van der Waals surface area contributed by atoms with Crippen LogP contribution in [-0.2, 0) is 0 Å². The smallest absolute Gasteiger partial charge is 0.251 e. The lowest BCUT2D eigenvalue weighted by Gasteiger charge is -2.10. The molecular weight excluding hydrogens is 338 g/mol. The van der Waals surface area contributed by atoms with E-state index in [1.165, 1.54) is 0 Å². The Bertz CT molecular complexity index is 362. The standard InChI is InChI=1S/C11H14ClIN2O/c1-15(2)4-3-14-11(16)8-5-9(12)7-10(13)6-8/h5-7H,3-4H2,1-2H3,(H,14,16). The van der Waals surface area contributed by atoms with Crippen molar-refractivity contribution in [3.63, 3.8) is 0 Å². The highest BCUT2D eigenvalue weighted by molar-refractivity contribution is 14.1. The van der Waals surface area contributed by atoms with E-state index >= 15 is 0 Å². The summed E-state index contributed by atoms with van der Waals surface area (Å²) in [5.41, 5.74) is 0.607. The molecule has 3 nitrogen and oxygen atoms in total. The molecule has 0 atom stereocenters. The van der Waals surface area contributed by atoms with Crippen LogP contribution in [0.2, 0.25) is 5.02 Å². The zero-order valence-corrected chi connectivity index (χ0v) is 12.2. The third-order valence-electron chi connectivity index (χ3n) is 1.97. The Hall–Kier alpha value is -0.330. The van der Waals surface area contributed by atoms with E-state index in [0.717, 1.165) is 10.1 Å². The largest absolute Gasteiger partial charge is 0.351 e. The van der Waals surface area contributed by atoms with E-state index < -0.39 is 0 Å². The number of benzene rings is 1. The summed E-state index contributed by atoms with van der Waals surface area (Å²) in [4.78, 5) is 13.8. The van der Waals surface area contributed by atoms with Crippen molar-refractivity contribution in [2.75, 3.05) is 27.2 Å². The van der Waals surface area contributed by atoms with Crippen molar-refractivity contribution in [3.8, 4) is 0 Å². The highest BCUT2D eigenvalue weighted by Crippen LogP contribution is 2.16. The number of carbonyl (C=O) groups is 1. The molecule has 1 aromatic rings. The molecule has 0 bridgehead atoms. The van der Waals surface area contributed by atoms with Gasteiger partial charge >= 0.3 is 0 Å². The molecule has 0 saturated heterocycles. The van der Waals surface area contributed by atoms with E-state index in [1.54, 1.807) is 6.07 Å². The van der Waals surface area contributed by atoms with Gasteiger partial charge in [-0.15, -0.1) is 0 Å². The lowest BCUT2D eigenvalue weighted by Crippen LogP contribution is -2.31. The normalized spacial score (nSPS) is 10.6. The van der Waals surface area contributed by atoms with Gasteiger partial charge in [0.1, 0.15) is 0 Å². The van der Waals surface area contributed by atoms with E-state index in [0.29, 0.717) is 17.1 Å². The fourth-order valence-corrected chi connectivity index (χ4v) is 2.27. The molecule has 0 aliphatic heterocycles. The molecule has 0 heterocycles. The number of rotatable bonds is 4. The fourth-order valence-electron chi connectivity index (χ4n) is 1.18. The second-order valence-electron chi connectivity index (χ2n) is 3.72. The van der Waals surface area contributed by atoms with Gasteiger partial charge in [-0.3, -0.25) is 4.79 Å². The van der Waals surface area contributed by atoms with Gasteiger partial charge in [-0.25, -0.2) is 0 Å². The predicted octanol–water partition coefficient (Wildman–Crippen LogP) is 2.24. The van der Waals surface area contributed by atoms with Gasteiger partial charge in [0.25, 0.3) is 5.91 Å². The van der Waals surface area contributed by atoms with E-state index in [2.05, 4.69) is 27.9 Å². The summed E-state index contributed by atoms with van der Waals surface area (Å²) in [6, 6.07) is 5.31. The number of nitrogens with zero attached hydrogens (tertiary/aromatic N) is 1. The summed E-state index contributed by atoms with van der Waals surface area (Å²) in [5, 5.41) is 3.43. The fraction of sp³-hybridized carbons (Fsp3) is 0.364. The highest BCUT2D eigenvalue weighted by Gasteiger charge is 2.06. The van der Waals surface area contributed by atoms with Gasteiger partial charge in [-0.05, 0) is 54.9 Å². The lowest BCUT2D eigenvalue weighted by molar-refractivity contribution is 0.0951. The lowest BCUT2D eigenvalue weighted by atomic mass is 10.2. The van der Waals surface area contributed by atoms with Crippen LogP contribution in [0, 0.1) is 3.57 Å². The van der Waals surface area contributed by atoms with Gasteiger partial charge in [0.15, 0.2) is 0 Å². The Morgan fingerprint density at radius 1 is 1.44 bits per heavy atom. The van der Waals surface area contributed by atoms with Crippen molar-refractivity contribution in [2.45, 2.75) is 0 Å². The summed E-state index contributed by atoms with van der Waals surface area (Å²) in [5.74, 6) is -0.0812. The first kappa shape index (κ1) is 13.7. The average molecular weight is 353 g/mol. The molecule has 1 aromatic carbocycles. The number of likely N-dealkylation sites (N-methyl/N-ethyl adjacent to an activating group) is 1. The Morgan fingerprint density at radius 2 is 2.12 bits per heavy atom. The summed E-state index contributed by atoms with van der Waals surface area (Å²) in [6.07, 6.45) is 0. The van der Waals surface area contributed by atoms with Crippen molar-refractivity contribution in [2.24, 2.45) is 0 Å². The third-order valence-corrected chi connectivity index (χ3v) is 2.81. The summed E-state index contributed by atoms with van der Waals surface area (Å²) < 4.78 is 0.961. The van der Waals surface area contributed by atoms with E-state index in [-0.39, 0.29) is 5.91 Å². The second-order valence-corrected chi connectivity index (χ2v) is 5.40. The molecule has 0 saturated carbocycles. The Morgan fingerprint density at radius 3 is 2.69 bits per heavy atom. The maximum Gasteiger partial charge on any atom is 0.251 e. The molecule has 5 heteroatoms. The Labute approximate surface area is 114 Å². The quantitative estimate of drug-likeness (QED) is 0.843. The number of amides is 1. The van der Waals surface area contributed by atoms with Crippen molar-refractivity contribution in [1.29, 1.82) is 0 Å². The molecule has 0 unspecified atom stereocenters. The molecule has 0 fully saturated rings. The molecule has 1 N–H and O–H groups in total. The van der Waals surface area contributed by atoms with Crippen LogP contribution in [0.3, 0.4) is 0 Å². The van der Waals surface area contributed by atoms with Gasteiger partial charge < -0.3 is 10.2 Å². The molecular formula is C11H14ClIN2O. The van der Waals surface area contributed by atoms with Gasteiger partial charge in [0.2, 0.25) is 0 Å². The summed E-state index contributed by atoms with van der Waals surface area (Å²) >= 11 is 8.03. The molecule has 0 aliphatic carbocycles. The number of hydrogen-bond donors (Lipinski definition) is 1. The number of hydrogen-bond acceptors (Lipinski definition) is 2. The highest BCUT2D eigenvalue weighted by atomic mass is 127. The third kappa shape index (κ3) is 4.67. The summed E-state index contributed by atoms with van der Waals surface area (Å²) in [7, 11) is 3.93. The van der Waals surface area contributed by atoms with Crippen LogP contribution in [-0.4, -0.2) is 38.0 Å². The molecule has 16 heavy (non-hydrogen) atoms. The minimum atomic E-state index is -0.0812. The van der Waals surface area contributed by atoms with Crippen LogP contribution in [0.25, 0.3) is 0 Å². The van der Waals surface area contributed by atoms with Crippen molar-refractivity contribution >= 4 is 40.1 Å². The van der Waals surface area contributed by atoms with E-state index in [9.17, 15) is 4.79 Å². The van der Waals surface area contributed by atoms with Crippen LogP contribution in [0.15, 0.2) is 18.2 Å². The number of carbonyl (C=O) groups excluding carboxylic acids is 1. The monoisotopic (exact) mass is 352 g/mol. The van der Waals surface area contributed by atoms with Crippen LogP contribution in [0.5, 0.6) is 0 Å². The van der Waals surface area contributed by atoms with Crippen molar-refractivity contribution < 1.29 is 4.79 Å². The minimum Gasteiger partial charge on any atom is -0.351 e. The molecule has 88 valence electrons. The second kappa shape index (κ2) is 6.42. The van der Waals surface area contributed by atoms with E-state index in [4.69, 9.17) is 11.6 Å². The summed E-state index contributed by atoms with van der Waals surface area (Å²) in [6.45, 7) is 1.46. The van der Waals surface area contributed by atoms with Gasteiger partial charge in [0.05, 0.1) is 0 Å². The Balaban J connectivity index is 2.59. The van der Waals surface area contributed by atoms with Crippen LogP contribution in [0.4, 0.5) is 0 Å². The minimum absolute atomic E-state index is 0.0812. The predicted molar refractivity (Wildman–Crippen MR) is 75.1 cm³/mol. The van der Waals surface area contributed by atoms with Crippen molar-refractivity contribution in [3.05, 3.63) is 32.4 Å². The maximum absolute atomic E-state index is 11.7. The Kier molecular flexibility index (Phi) is 5.51. The first-order valence-corrected chi connectivity index (χ1v) is 6.34. The maximum atomic E-state index is 11.7. The molecule has 0 spiro atoms. The number of halogens is 2. The van der Waals surface area contributed by atoms with Gasteiger partial charge in [-0.2, -0.15) is 0 Å². The molecule has 1 amide bonds. The molecule has 0 radical (unpaired) electrons. The van der Waals surface area contributed by atoms with E-state index in [1.807, 2.05) is 31.1 Å². The zero-order valence-electron chi connectivity index (χ0n) is 9.26. The van der Waals surface area contributed by atoms with Crippen LogP contribution in [0.1, 0.15) is 10.4 Å². The van der Waals surface area contributed by atoms with Gasteiger partial charge in [-0.1, -0.05) is 11.6 Å². The van der Waals surface area contributed by atoms with Gasteiger partial charge in [0, 0.05) is 27.2 Å². The van der Waals surface area contributed by atoms with Crippen molar-refractivity contribution in [1.82, 2.24) is 10.2 Å². The SMILES string of the molecule is CN(C)CCNC(=O)c1cc(Cl)cc(I)c1. The average Bonchev–Trinajstić information content (AvgIpc) is 2.15. The molecule has 1 rings (SSSR count).